The highest BCUT2D eigenvalue weighted by Crippen LogP contribution is 2.19. The fourth-order valence-corrected chi connectivity index (χ4v) is 1.05. The number of hydrogen-bond acceptors (Lipinski definition) is 2. The van der Waals surface area contributed by atoms with Crippen LogP contribution in [0.5, 0.6) is 0 Å². The first-order chi connectivity index (χ1) is 6.11. The smallest absolute Gasteiger partial charge is 0.138 e. The van der Waals surface area contributed by atoms with E-state index in [0.29, 0.717) is 6.07 Å². The quantitative estimate of drug-likeness (QED) is 0.731. The summed E-state index contributed by atoms with van der Waals surface area (Å²) < 4.78 is 38.8. The van der Waals surface area contributed by atoms with E-state index in [0.717, 1.165) is 0 Å². The zero-order chi connectivity index (χ0) is 10.0. The van der Waals surface area contributed by atoms with Crippen LogP contribution < -0.4 is 11.5 Å². The predicted octanol–water partition coefficient (Wildman–Crippen LogP) is 1.02. The summed E-state index contributed by atoms with van der Waals surface area (Å²) in [5.74, 6) is -2.94. The van der Waals surface area contributed by atoms with E-state index >= 15 is 0 Å². The van der Waals surface area contributed by atoms with Crippen LogP contribution in [0.1, 0.15) is 11.1 Å². The predicted molar refractivity (Wildman–Crippen MR) is 42.1 cm³/mol. The molecule has 0 radical (unpaired) electrons. The molecular weight excluding hydrogens is 181 g/mol. The van der Waals surface area contributed by atoms with Gasteiger partial charge in [0.2, 0.25) is 0 Å². The molecule has 0 aliphatic rings. The van der Waals surface area contributed by atoms with Crippen LogP contribution in [0.15, 0.2) is 6.07 Å². The Hall–Kier alpha value is -1.07. The second-order valence-electron chi connectivity index (χ2n) is 2.52. The molecule has 0 spiro atoms. The van der Waals surface area contributed by atoms with Crippen LogP contribution in [-0.4, -0.2) is 0 Å². The fourth-order valence-electron chi connectivity index (χ4n) is 1.05. The first kappa shape index (κ1) is 10.0. The number of hydrogen-bond donors (Lipinski definition) is 2. The normalized spacial score (nSPS) is 10.5. The van der Waals surface area contributed by atoms with Gasteiger partial charge in [-0.3, -0.25) is 0 Å². The highest BCUT2D eigenvalue weighted by Gasteiger charge is 2.16. The molecule has 4 N–H and O–H groups in total. The maximum Gasteiger partial charge on any atom is 0.138 e. The molecule has 0 atom stereocenters. The minimum Gasteiger partial charge on any atom is -0.326 e. The molecule has 0 aromatic heterocycles. The molecule has 0 bridgehead atoms. The molecule has 0 saturated heterocycles. The summed E-state index contributed by atoms with van der Waals surface area (Å²) in [4.78, 5) is 0. The third-order valence-electron chi connectivity index (χ3n) is 1.77. The third-order valence-corrected chi connectivity index (χ3v) is 1.77. The molecule has 0 heterocycles. The second kappa shape index (κ2) is 3.76. The lowest BCUT2D eigenvalue weighted by atomic mass is 10.1. The van der Waals surface area contributed by atoms with Gasteiger partial charge in [0.15, 0.2) is 0 Å². The Morgan fingerprint density at radius 2 is 1.31 bits per heavy atom. The lowest BCUT2D eigenvalue weighted by molar-refractivity contribution is 0.507. The molecule has 0 amide bonds. The summed E-state index contributed by atoms with van der Waals surface area (Å²) >= 11 is 0. The Bertz CT molecular complexity index is 297. The van der Waals surface area contributed by atoms with Gasteiger partial charge in [0.05, 0.1) is 0 Å². The Balaban J connectivity index is 3.39. The summed E-state index contributed by atoms with van der Waals surface area (Å²) in [5, 5.41) is 0. The van der Waals surface area contributed by atoms with Crippen molar-refractivity contribution in [3.8, 4) is 0 Å². The van der Waals surface area contributed by atoms with Crippen molar-refractivity contribution in [2.45, 2.75) is 13.1 Å². The minimum atomic E-state index is -0.984. The molecule has 0 saturated carbocycles. The Morgan fingerprint density at radius 1 is 0.923 bits per heavy atom. The van der Waals surface area contributed by atoms with E-state index < -0.39 is 17.5 Å². The monoisotopic (exact) mass is 190 g/mol. The van der Waals surface area contributed by atoms with Gasteiger partial charge in [0.25, 0.3) is 0 Å². The number of benzene rings is 1. The Morgan fingerprint density at radius 3 is 1.62 bits per heavy atom. The van der Waals surface area contributed by atoms with Gasteiger partial charge in [0, 0.05) is 30.3 Å². The summed E-state index contributed by atoms with van der Waals surface area (Å²) in [6.45, 7) is -0.629. The summed E-state index contributed by atoms with van der Waals surface area (Å²) in [6.07, 6.45) is 0. The summed E-state index contributed by atoms with van der Waals surface area (Å²) in [5.41, 5.74) is 9.50. The van der Waals surface area contributed by atoms with Gasteiger partial charge in [-0.1, -0.05) is 0 Å². The molecule has 0 unspecified atom stereocenters. The van der Waals surface area contributed by atoms with Crippen LogP contribution in [0.4, 0.5) is 13.2 Å². The van der Waals surface area contributed by atoms with Gasteiger partial charge >= 0.3 is 0 Å². The lowest BCUT2D eigenvalue weighted by Gasteiger charge is -2.07. The van der Waals surface area contributed by atoms with Crippen LogP contribution in [0, 0.1) is 17.5 Å². The number of rotatable bonds is 2. The highest BCUT2D eigenvalue weighted by molar-refractivity contribution is 5.28. The van der Waals surface area contributed by atoms with Gasteiger partial charge in [-0.2, -0.15) is 0 Å². The van der Waals surface area contributed by atoms with Crippen molar-refractivity contribution in [2.75, 3.05) is 0 Å². The zero-order valence-corrected chi connectivity index (χ0v) is 6.78. The van der Waals surface area contributed by atoms with E-state index in [1.807, 2.05) is 0 Å². The van der Waals surface area contributed by atoms with Crippen molar-refractivity contribution >= 4 is 0 Å². The SMILES string of the molecule is NCc1c(F)cc(F)c(CN)c1F. The molecule has 0 aliphatic heterocycles. The minimum absolute atomic E-state index is 0.315. The van der Waals surface area contributed by atoms with E-state index in [1.54, 1.807) is 0 Å². The van der Waals surface area contributed by atoms with Crippen molar-refractivity contribution in [1.82, 2.24) is 0 Å². The first-order valence-electron chi connectivity index (χ1n) is 3.67. The maximum absolute atomic E-state index is 13.2. The Kier molecular flexibility index (Phi) is 2.90. The molecule has 13 heavy (non-hydrogen) atoms. The average Bonchev–Trinajstić information content (AvgIpc) is 2.04. The van der Waals surface area contributed by atoms with Gasteiger partial charge in [-0.25, -0.2) is 13.2 Å². The van der Waals surface area contributed by atoms with Crippen LogP contribution in [0.2, 0.25) is 0 Å². The van der Waals surface area contributed by atoms with Crippen molar-refractivity contribution in [3.63, 3.8) is 0 Å². The third kappa shape index (κ3) is 1.66. The molecule has 0 aliphatic carbocycles. The first-order valence-corrected chi connectivity index (χ1v) is 3.67. The summed E-state index contributed by atoms with van der Waals surface area (Å²) in [7, 11) is 0. The zero-order valence-electron chi connectivity index (χ0n) is 6.78. The van der Waals surface area contributed by atoms with Crippen LogP contribution in [0.3, 0.4) is 0 Å². The van der Waals surface area contributed by atoms with E-state index in [2.05, 4.69) is 0 Å². The van der Waals surface area contributed by atoms with E-state index in [1.165, 1.54) is 0 Å². The van der Waals surface area contributed by atoms with Gasteiger partial charge < -0.3 is 11.5 Å². The van der Waals surface area contributed by atoms with Crippen LogP contribution >= 0.6 is 0 Å². The van der Waals surface area contributed by atoms with Crippen molar-refractivity contribution < 1.29 is 13.2 Å². The van der Waals surface area contributed by atoms with E-state index in [4.69, 9.17) is 11.5 Å². The molecule has 5 heteroatoms. The molecular formula is C8H9F3N2. The van der Waals surface area contributed by atoms with E-state index in [-0.39, 0.29) is 24.2 Å². The van der Waals surface area contributed by atoms with Gasteiger partial charge in [-0.15, -0.1) is 0 Å². The number of nitrogens with two attached hydrogens (primary N) is 2. The topological polar surface area (TPSA) is 52.0 Å². The maximum atomic E-state index is 13.2. The molecule has 1 aromatic rings. The molecule has 2 nitrogen and oxygen atoms in total. The van der Waals surface area contributed by atoms with E-state index in [9.17, 15) is 13.2 Å². The molecule has 72 valence electrons. The van der Waals surface area contributed by atoms with Gasteiger partial charge in [-0.05, 0) is 0 Å². The Labute approximate surface area is 73.3 Å². The van der Waals surface area contributed by atoms with Crippen molar-refractivity contribution in [2.24, 2.45) is 11.5 Å². The van der Waals surface area contributed by atoms with Crippen molar-refractivity contribution in [1.29, 1.82) is 0 Å². The fraction of sp³-hybridized carbons (Fsp3) is 0.250. The second-order valence-corrected chi connectivity index (χ2v) is 2.52. The van der Waals surface area contributed by atoms with Crippen LogP contribution in [0.25, 0.3) is 0 Å². The number of halogens is 3. The summed E-state index contributed by atoms with van der Waals surface area (Å²) in [6, 6.07) is 0.591. The standard InChI is InChI=1S/C8H9F3N2/c9-6-1-7(10)5(3-13)8(11)4(6)2-12/h1H,2-3,12-13H2. The average molecular weight is 190 g/mol. The molecule has 1 rings (SSSR count). The van der Waals surface area contributed by atoms with Gasteiger partial charge in [0.1, 0.15) is 17.5 Å². The molecule has 1 aromatic carbocycles. The van der Waals surface area contributed by atoms with Crippen molar-refractivity contribution in [3.05, 3.63) is 34.6 Å². The largest absolute Gasteiger partial charge is 0.326 e. The highest BCUT2D eigenvalue weighted by atomic mass is 19.1. The van der Waals surface area contributed by atoms with Crippen LogP contribution in [-0.2, 0) is 13.1 Å². The lowest BCUT2D eigenvalue weighted by Crippen LogP contribution is -2.11. The molecule has 0 fully saturated rings.